The molecule has 1 aromatic carbocycles. The maximum Gasteiger partial charge on any atom is 0.270 e. The van der Waals surface area contributed by atoms with Crippen LogP contribution in [-0.2, 0) is 0 Å². The van der Waals surface area contributed by atoms with Gasteiger partial charge in [-0.15, -0.1) is 0 Å². The summed E-state index contributed by atoms with van der Waals surface area (Å²) in [7, 11) is 0. The molecule has 4 heteroatoms. The van der Waals surface area contributed by atoms with Crippen LogP contribution in [0, 0.1) is 0 Å². The van der Waals surface area contributed by atoms with Crippen molar-refractivity contribution in [3.63, 3.8) is 0 Å². The third kappa shape index (κ3) is 3.21. The average molecular weight is 281 g/mol. The van der Waals surface area contributed by atoms with Crippen molar-refractivity contribution in [2.75, 3.05) is 11.4 Å². The van der Waals surface area contributed by atoms with Crippen LogP contribution < -0.4 is 10.2 Å². The number of pyridine rings is 1. The van der Waals surface area contributed by atoms with Crippen LogP contribution in [0.4, 0.5) is 11.4 Å². The fourth-order valence-corrected chi connectivity index (χ4v) is 2.32. The van der Waals surface area contributed by atoms with E-state index in [9.17, 15) is 4.79 Å². The van der Waals surface area contributed by atoms with Crippen LogP contribution in [0.2, 0.25) is 0 Å². The van der Waals surface area contributed by atoms with Gasteiger partial charge >= 0.3 is 0 Å². The van der Waals surface area contributed by atoms with E-state index in [1.165, 1.54) is 0 Å². The smallest absolute Gasteiger partial charge is 0.270 e. The van der Waals surface area contributed by atoms with Gasteiger partial charge in [0, 0.05) is 30.2 Å². The van der Waals surface area contributed by atoms with Gasteiger partial charge in [0.05, 0.1) is 0 Å². The van der Waals surface area contributed by atoms with Gasteiger partial charge in [-0.2, -0.15) is 0 Å². The first-order valence-electron chi connectivity index (χ1n) is 7.37. The second-order valence-corrected chi connectivity index (χ2v) is 5.23. The Bertz CT molecular complexity index is 623. The zero-order valence-electron chi connectivity index (χ0n) is 12.1. The number of hydrogen-bond acceptors (Lipinski definition) is 3. The van der Waals surface area contributed by atoms with E-state index in [-0.39, 0.29) is 5.91 Å². The number of anilines is 2. The van der Waals surface area contributed by atoms with Gasteiger partial charge in [0.15, 0.2) is 0 Å². The van der Waals surface area contributed by atoms with Crippen molar-refractivity contribution in [2.24, 2.45) is 0 Å². The second kappa shape index (κ2) is 5.95. The minimum absolute atomic E-state index is 0.0801. The van der Waals surface area contributed by atoms with Crippen molar-refractivity contribution in [3.8, 4) is 0 Å². The molecule has 4 nitrogen and oxygen atoms in total. The number of aromatic nitrogens is 1. The van der Waals surface area contributed by atoms with Gasteiger partial charge in [-0.25, -0.2) is 0 Å². The monoisotopic (exact) mass is 281 g/mol. The molecule has 1 N–H and O–H groups in total. The third-order valence-electron chi connectivity index (χ3n) is 3.58. The fraction of sp³-hybridized carbons (Fsp3) is 0.294. The van der Waals surface area contributed by atoms with Crippen LogP contribution in [0.3, 0.4) is 0 Å². The molecule has 1 aliphatic carbocycles. The molecule has 1 saturated carbocycles. The quantitative estimate of drug-likeness (QED) is 0.915. The molecule has 21 heavy (non-hydrogen) atoms. The number of hydrogen-bond donors (Lipinski definition) is 1. The second-order valence-electron chi connectivity index (χ2n) is 5.23. The normalized spacial score (nSPS) is 13.8. The highest BCUT2D eigenvalue weighted by atomic mass is 16.2. The predicted octanol–water partition coefficient (Wildman–Crippen LogP) is 3.13. The zero-order valence-corrected chi connectivity index (χ0v) is 12.1. The van der Waals surface area contributed by atoms with E-state index < -0.39 is 0 Å². The fourth-order valence-electron chi connectivity index (χ4n) is 2.32. The van der Waals surface area contributed by atoms with E-state index in [0.29, 0.717) is 11.7 Å². The summed E-state index contributed by atoms with van der Waals surface area (Å²) < 4.78 is 0. The van der Waals surface area contributed by atoms with E-state index in [1.807, 2.05) is 30.3 Å². The lowest BCUT2D eigenvalue weighted by Gasteiger charge is -2.23. The Hall–Kier alpha value is -2.36. The summed E-state index contributed by atoms with van der Waals surface area (Å²) in [6, 6.07) is 14.3. The topological polar surface area (TPSA) is 45.2 Å². The van der Waals surface area contributed by atoms with Crippen molar-refractivity contribution < 1.29 is 4.79 Å². The number of nitrogens with zero attached hydrogens (tertiary/aromatic N) is 2. The average Bonchev–Trinajstić information content (AvgIpc) is 3.33. The van der Waals surface area contributed by atoms with Crippen LogP contribution >= 0.6 is 0 Å². The van der Waals surface area contributed by atoms with Crippen molar-refractivity contribution in [1.29, 1.82) is 0 Å². The molecular weight excluding hydrogens is 262 g/mol. The van der Waals surface area contributed by atoms with E-state index in [4.69, 9.17) is 0 Å². The lowest BCUT2D eigenvalue weighted by atomic mass is 10.2. The number of benzene rings is 1. The molecule has 0 radical (unpaired) electrons. The van der Waals surface area contributed by atoms with Crippen molar-refractivity contribution in [3.05, 3.63) is 54.4 Å². The van der Waals surface area contributed by atoms with Crippen LogP contribution in [-0.4, -0.2) is 23.5 Å². The predicted molar refractivity (Wildman–Crippen MR) is 83.8 cm³/mol. The molecule has 0 spiro atoms. The molecular formula is C17H19N3O. The van der Waals surface area contributed by atoms with E-state index >= 15 is 0 Å². The zero-order chi connectivity index (χ0) is 14.7. The first-order chi connectivity index (χ1) is 10.3. The molecule has 0 atom stereocenters. The van der Waals surface area contributed by atoms with Crippen molar-refractivity contribution >= 4 is 17.3 Å². The van der Waals surface area contributed by atoms with Gasteiger partial charge in [-0.1, -0.05) is 18.2 Å². The molecule has 108 valence electrons. The van der Waals surface area contributed by atoms with Crippen LogP contribution in [0.1, 0.15) is 30.3 Å². The Morgan fingerprint density at radius 1 is 1.24 bits per heavy atom. The number of para-hydroxylation sites is 1. The molecule has 0 aliphatic heterocycles. The lowest BCUT2D eigenvalue weighted by molar-refractivity contribution is 0.0946. The number of nitrogens with one attached hydrogen (secondary N) is 1. The first kappa shape index (κ1) is 13.6. The highest BCUT2D eigenvalue weighted by Crippen LogP contribution is 2.25. The number of amides is 1. The summed E-state index contributed by atoms with van der Waals surface area (Å²) in [6.07, 6.45) is 3.86. The molecule has 1 aromatic heterocycles. The molecule has 3 rings (SSSR count). The van der Waals surface area contributed by atoms with Crippen LogP contribution in [0.25, 0.3) is 0 Å². The van der Waals surface area contributed by atoms with E-state index in [0.717, 1.165) is 30.8 Å². The third-order valence-corrected chi connectivity index (χ3v) is 3.58. The lowest BCUT2D eigenvalue weighted by Crippen LogP contribution is -2.26. The summed E-state index contributed by atoms with van der Waals surface area (Å²) >= 11 is 0. The maximum atomic E-state index is 12.1. The molecule has 1 heterocycles. The molecule has 1 aliphatic rings. The van der Waals surface area contributed by atoms with Gasteiger partial charge in [0.2, 0.25) is 0 Å². The van der Waals surface area contributed by atoms with E-state index in [2.05, 4.69) is 34.3 Å². The SMILES string of the molecule is CCN(c1ccccc1)c1ccnc(C(=O)NC2CC2)c1. The van der Waals surface area contributed by atoms with Gasteiger partial charge in [-0.05, 0) is 44.0 Å². The Kier molecular flexibility index (Phi) is 3.86. The number of carbonyl (C=O) groups is 1. The minimum atomic E-state index is -0.0801. The summed E-state index contributed by atoms with van der Waals surface area (Å²) in [5.74, 6) is -0.0801. The molecule has 1 amide bonds. The Morgan fingerprint density at radius 3 is 2.67 bits per heavy atom. The molecule has 1 fully saturated rings. The Labute approximate surface area is 124 Å². The summed E-state index contributed by atoms with van der Waals surface area (Å²) in [6.45, 7) is 2.93. The first-order valence-corrected chi connectivity index (χ1v) is 7.37. The molecule has 0 bridgehead atoms. The van der Waals surface area contributed by atoms with Gasteiger partial charge < -0.3 is 10.2 Å². The van der Waals surface area contributed by atoms with Gasteiger partial charge in [-0.3, -0.25) is 9.78 Å². The van der Waals surface area contributed by atoms with Gasteiger partial charge in [0.1, 0.15) is 5.69 Å². The Balaban J connectivity index is 1.85. The van der Waals surface area contributed by atoms with Crippen molar-refractivity contribution in [2.45, 2.75) is 25.8 Å². The summed E-state index contributed by atoms with van der Waals surface area (Å²) in [4.78, 5) is 18.5. The largest absolute Gasteiger partial charge is 0.348 e. The highest BCUT2D eigenvalue weighted by molar-refractivity contribution is 5.93. The molecule has 0 saturated heterocycles. The summed E-state index contributed by atoms with van der Waals surface area (Å²) in [5, 5.41) is 2.97. The van der Waals surface area contributed by atoms with Crippen LogP contribution in [0.5, 0.6) is 0 Å². The number of carbonyl (C=O) groups excluding carboxylic acids is 1. The minimum Gasteiger partial charge on any atom is -0.348 e. The van der Waals surface area contributed by atoms with E-state index in [1.54, 1.807) is 6.20 Å². The standard InChI is InChI=1S/C17H19N3O/c1-2-20(14-6-4-3-5-7-14)15-10-11-18-16(12-15)17(21)19-13-8-9-13/h3-7,10-13H,2,8-9H2,1H3,(H,19,21). The highest BCUT2D eigenvalue weighted by Gasteiger charge is 2.24. The van der Waals surface area contributed by atoms with Gasteiger partial charge in [0.25, 0.3) is 5.91 Å². The Morgan fingerprint density at radius 2 is 2.00 bits per heavy atom. The maximum absolute atomic E-state index is 12.1. The molecule has 0 unspecified atom stereocenters. The summed E-state index contributed by atoms with van der Waals surface area (Å²) in [5.41, 5.74) is 2.58. The number of rotatable bonds is 5. The van der Waals surface area contributed by atoms with Crippen molar-refractivity contribution in [1.82, 2.24) is 10.3 Å². The molecule has 2 aromatic rings. The van der Waals surface area contributed by atoms with Crippen LogP contribution in [0.15, 0.2) is 48.7 Å².